The molecule has 2 atom stereocenters. The molecule has 2 N–H and O–H groups in total. The summed E-state index contributed by atoms with van der Waals surface area (Å²) in [5.74, 6) is -0.296. The van der Waals surface area contributed by atoms with Crippen LogP contribution in [0.4, 0.5) is 5.69 Å². The molecule has 7 rings (SSSR count). The molecule has 1 spiro atoms. The topological polar surface area (TPSA) is 107 Å². The van der Waals surface area contributed by atoms with Crippen molar-refractivity contribution in [1.82, 2.24) is 30.0 Å². The summed E-state index contributed by atoms with van der Waals surface area (Å²) < 4.78 is 1.19. The van der Waals surface area contributed by atoms with Crippen LogP contribution in [0.15, 0.2) is 36.8 Å². The number of fused-ring (bicyclic) bond motifs is 2. The third-order valence-electron chi connectivity index (χ3n) is 8.61. The molecule has 2 amide bonds. The molecule has 9 nitrogen and oxygen atoms in total. The number of nitrogens with one attached hydrogen (secondary N) is 2. The molecule has 0 radical (unpaired) electrons. The lowest BCUT2D eigenvalue weighted by Gasteiger charge is -2.58. The highest BCUT2D eigenvalue weighted by Gasteiger charge is 2.52. The van der Waals surface area contributed by atoms with Gasteiger partial charge in [-0.05, 0) is 61.8 Å². The van der Waals surface area contributed by atoms with Crippen LogP contribution in [0.2, 0.25) is 0 Å². The number of amides is 2. The van der Waals surface area contributed by atoms with Crippen LogP contribution in [-0.4, -0.2) is 68.5 Å². The van der Waals surface area contributed by atoms with Crippen LogP contribution in [0.25, 0.3) is 21.1 Å². The molecular formula is C28H31N7O2S. The minimum absolute atomic E-state index is 0.155. The number of carbonyl (C=O) groups excluding carboxylic acids is 2. The van der Waals surface area contributed by atoms with Crippen LogP contribution in [-0.2, 0) is 9.59 Å². The van der Waals surface area contributed by atoms with Crippen LogP contribution < -0.4 is 5.32 Å². The Hall–Kier alpha value is -3.37. The quantitative estimate of drug-likeness (QED) is 0.383. The van der Waals surface area contributed by atoms with Crippen LogP contribution in [0.5, 0.6) is 0 Å². The first-order valence-corrected chi connectivity index (χ1v) is 14.2. The van der Waals surface area contributed by atoms with Gasteiger partial charge in [-0.3, -0.25) is 19.7 Å². The van der Waals surface area contributed by atoms with Gasteiger partial charge in [-0.1, -0.05) is 13.0 Å². The van der Waals surface area contributed by atoms with Gasteiger partial charge in [-0.15, -0.1) is 11.3 Å². The molecule has 10 heteroatoms. The van der Waals surface area contributed by atoms with Crippen LogP contribution in [0.3, 0.4) is 0 Å². The molecule has 0 unspecified atom stereocenters. The van der Waals surface area contributed by atoms with Gasteiger partial charge in [0.05, 0.1) is 44.9 Å². The highest BCUT2D eigenvalue weighted by atomic mass is 32.1. The van der Waals surface area contributed by atoms with Crippen molar-refractivity contribution in [3.05, 3.63) is 47.4 Å². The maximum Gasteiger partial charge on any atom is 0.314 e. The normalized spacial score (nSPS) is 23.5. The SMILES string of the molecule is C[C@H]1CC[C@H](c2ccc3sc(C4CC5(C4)CN(C)C5)nc3c2)N(C(=O)C(=O)Nc2cncc3cn[nH]c23)C1. The van der Waals surface area contributed by atoms with Gasteiger partial charge in [0.15, 0.2) is 0 Å². The number of aromatic amines is 1. The molecule has 38 heavy (non-hydrogen) atoms. The van der Waals surface area contributed by atoms with Crippen molar-refractivity contribution in [3.8, 4) is 0 Å². The molecule has 1 aliphatic carbocycles. The van der Waals surface area contributed by atoms with E-state index >= 15 is 0 Å². The number of nitrogens with zero attached hydrogens (tertiary/aromatic N) is 5. The molecular weight excluding hydrogens is 498 g/mol. The van der Waals surface area contributed by atoms with Crippen molar-refractivity contribution < 1.29 is 9.59 Å². The first kappa shape index (κ1) is 23.7. The van der Waals surface area contributed by atoms with E-state index in [1.807, 2.05) is 0 Å². The van der Waals surface area contributed by atoms with E-state index in [0.29, 0.717) is 35.0 Å². The molecule has 1 saturated carbocycles. The lowest BCUT2D eigenvalue weighted by Crippen LogP contribution is -2.59. The Labute approximate surface area is 224 Å². The number of aromatic nitrogens is 4. The van der Waals surface area contributed by atoms with Crippen LogP contribution in [0, 0.1) is 11.3 Å². The molecule has 0 bridgehead atoms. The van der Waals surface area contributed by atoms with Gasteiger partial charge < -0.3 is 15.1 Å². The number of H-pyrrole nitrogens is 1. The number of benzene rings is 1. The number of thiazole rings is 1. The Kier molecular flexibility index (Phi) is 5.52. The molecule has 2 aliphatic heterocycles. The standard InChI is InChI=1S/C28H31N7O2S/c1-16-3-5-22(35(13-16)27(37)25(36)31-21-12-29-10-19-11-30-33-24(19)21)17-4-6-23-20(7-17)32-26(38-23)18-8-28(9-18)14-34(2)15-28/h4,6-7,10-12,16,18,22H,3,5,8-9,13-15H2,1-2H3,(H,30,33)(H,31,36)/t16-,22+/m0/s1. The van der Waals surface area contributed by atoms with E-state index in [9.17, 15) is 9.59 Å². The fraction of sp³-hybridized carbons (Fsp3) is 0.464. The molecule has 196 valence electrons. The van der Waals surface area contributed by atoms with Gasteiger partial charge in [-0.25, -0.2) is 4.98 Å². The third-order valence-corrected chi connectivity index (χ3v) is 9.81. The van der Waals surface area contributed by atoms with Crippen molar-refractivity contribution in [2.24, 2.45) is 11.3 Å². The molecule has 5 heterocycles. The fourth-order valence-electron chi connectivity index (χ4n) is 6.85. The molecule has 2 saturated heterocycles. The number of pyridine rings is 1. The monoisotopic (exact) mass is 529 g/mol. The Balaban J connectivity index is 1.11. The lowest BCUT2D eigenvalue weighted by molar-refractivity contribution is -0.146. The van der Waals surface area contributed by atoms with E-state index < -0.39 is 11.8 Å². The zero-order valence-corrected chi connectivity index (χ0v) is 22.4. The van der Waals surface area contributed by atoms with Crippen molar-refractivity contribution in [2.45, 2.75) is 44.6 Å². The number of likely N-dealkylation sites (tertiary alicyclic amines) is 2. The van der Waals surface area contributed by atoms with Crippen molar-refractivity contribution in [2.75, 3.05) is 32.0 Å². The number of rotatable bonds is 3. The Morgan fingerprint density at radius 1 is 1.16 bits per heavy atom. The van der Waals surface area contributed by atoms with Crippen LogP contribution >= 0.6 is 11.3 Å². The Bertz CT molecular complexity index is 1550. The van der Waals surface area contributed by atoms with Gasteiger partial charge in [0.1, 0.15) is 0 Å². The minimum Gasteiger partial charge on any atom is -0.327 e. The van der Waals surface area contributed by atoms with E-state index in [1.165, 1.54) is 41.8 Å². The van der Waals surface area contributed by atoms with Gasteiger partial charge in [-0.2, -0.15) is 5.10 Å². The van der Waals surface area contributed by atoms with Crippen molar-refractivity contribution >= 4 is 50.0 Å². The second-order valence-electron chi connectivity index (χ2n) is 11.7. The minimum atomic E-state index is -0.662. The summed E-state index contributed by atoms with van der Waals surface area (Å²) in [5, 5.41) is 11.6. The zero-order valence-electron chi connectivity index (χ0n) is 21.6. The predicted octanol–water partition coefficient (Wildman–Crippen LogP) is 4.32. The summed E-state index contributed by atoms with van der Waals surface area (Å²) in [6, 6.07) is 6.23. The summed E-state index contributed by atoms with van der Waals surface area (Å²) in [7, 11) is 2.19. The van der Waals surface area contributed by atoms with Crippen molar-refractivity contribution in [1.29, 1.82) is 0 Å². The highest BCUT2D eigenvalue weighted by molar-refractivity contribution is 7.18. The average Bonchev–Trinajstić information content (AvgIpc) is 3.52. The third kappa shape index (κ3) is 3.97. The number of anilines is 1. The highest BCUT2D eigenvalue weighted by Crippen LogP contribution is 2.56. The fourth-order valence-corrected chi connectivity index (χ4v) is 7.90. The zero-order chi connectivity index (χ0) is 26.0. The molecule has 1 aromatic carbocycles. The number of hydrogen-bond acceptors (Lipinski definition) is 7. The van der Waals surface area contributed by atoms with E-state index in [4.69, 9.17) is 4.98 Å². The maximum atomic E-state index is 13.5. The van der Waals surface area contributed by atoms with Gasteiger partial charge in [0, 0.05) is 37.1 Å². The van der Waals surface area contributed by atoms with E-state index in [-0.39, 0.29) is 6.04 Å². The smallest absolute Gasteiger partial charge is 0.314 e. The molecule has 4 aromatic rings. The number of hydrogen-bond donors (Lipinski definition) is 2. The first-order valence-electron chi connectivity index (χ1n) is 13.4. The van der Waals surface area contributed by atoms with Gasteiger partial charge >= 0.3 is 11.8 Å². The number of carbonyl (C=O) groups is 2. The summed E-state index contributed by atoms with van der Waals surface area (Å²) >= 11 is 1.80. The Morgan fingerprint density at radius 3 is 2.82 bits per heavy atom. The summed E-state index contributed by atoms with van der Waals surface area (Å²) in [6.07, 6.45) is 9.13. The lowest BCUT2D eigenvalue weighted by atomic mass is 9.58. The maximum absolute atomic E-state index is 13.5. The second-order valence-corrected chi connectivity index (χ2v) is 12.8. The van der Waals surface area contributed by atoms with E-state index in [2.05, 4.69) is 57.6 Å². The predicted molar refractivity (Wildman–Crippen MR) is 147 cm³/mol. The van der Waals surface area contributed by atoms with E-state index in [0.717, 1.165) is 29.3 Å². The van der Waals surface area contributed by atoms with E-state index in [1.54, 1.807) is 28.6 Å². The summed E-state index contributed by atoms with van der Waals surface area (Å²) in [4.78, 5) is 39.9. The van der Waals surface area contributed by atoms with Crippen LogP contribution in [0.1, 0.15) is 55.1 Å². The Morgan fingerprint density at radius 2 is 2.00 bits per heavy atom. The van der Waals surface area contributed by atoms with Gasteiger partial charge in [0.25, 0.3) is 0 Å². The molecule has 3 fully saturated rings. The first-order chi connectivity index (χ1) is 18.4. The average molecular weight is 530 g/mol. The van der Waals surface area contributed by atoms with Crippen molar-refractivity contribution in [3.63, 3.8) is 0 Å². The summed E-state index contributed by atoms with van der Waals surface area (Å²) in [5.41, 5.74) is 3.67. The van der Waals surface area contributed by atoms with Gasteiger partial charge in [0.2, 0.25) is 0 Å². The second kappa shape index (κ2) is 8.84. The summed E-state index contributed by atoms with van der Waals surface area (Å²) in [6.45, 7) is 5.10. The molecule has 3 aliphatic rings. The largest absolute Gasteiger partial charge is 0.327 e. The number of piperidine rings is 1. The molecule has 3 aromatic heterocycles.